The number of rotatable bonds is 4. The van der Waals surface area contributed by atoms with Crippen LogP contribution >= 0.6 is 0 Å². The highest BCUT2D eigenvalue weighted by Gasteiger charge is 2.38. The lowest BCUT2D eigenvalue weighted by Crippen LogP contribution is -2.41. The Hall–Kier alpha value is -0.870. The lowest BCUT2D eigenvalue weighted by molar-refractivity contribution is 0.120. The van der Waals surface area contributed by atoms with Crippen molar-refractivity contribution in [2.45, 2.75) is 43.5 Å². The molecule has 3 nitrogen and oxygen atoms in total. The van der Waals surface area contributed by atoms with E-state index in [1.165, 1.54) is 25.7 Å². The number of benzene rings is 1. The minimum Gasteiger partial charge on any atom is -0.308 e. The van der Waals surface area contributed by atoms with Crippen molar-refractivity contribution in [1.29, 1.82) is 0 Å². The van der Waals surface area contributed by atoms with Gasteiger partial charge in [0, 0.05) is 12.6 Å². The molecule has 2 aliphatic rings. The van der Waals surface area contributed by atoms with Crippen molar-refractivity contribution in [2.24, 2.45) is 5.41 Å². The van der Waals surface area contributed by atoms with Crippen LogP contribution in [0, 0.1) is 5.41 Å². The first-order valence-corrected chi connectivity index (χ1v) is 8.77. The highest BCUT2D eigenvalue weighted by atomic mass is 32.2. The Morgan fingerprint density at radius 3 is 2.68 bits per heavy atom. The predicted octanol–water partition coefficient (Wildman–Crippen LogP) is 2.68. The van der Waals surface area contributed by atoms with E-state index in [0.717, 1.165) is 12.1 Å². The number of hydrogen-bond acceptors (Lipinski definition) is 3. The fourth-order valence-electron chi connectivity index (χ4n) is 3.29. The van der Waals surface area contributed by atoms with Gasteiger partial charge in [0.25, 0.3) is 0 Å². The molecule has 19 heavy (non-hydrogen) atoms. The van der Waals surface area contributed by atoms with Gasteiger partial charge >= 0.3 is 0 Å². The van der Waals surface area contributed by atoms with E-state index in [1.807, 2.05) is 12.1 Å². The molecule has 1 aromatic rings. The number of fused-ring (bicyclic) bond motifs is 1. The molecule has 0 saturated heterocycles. The van der Waals surface area contributed by atoms with Gasteiger partial charge < -0.3 is 5.32 Å². The Kier molecular flexibility index (Phi) is 3.18. The standard InChI is InChI=1S/C15H21NO2S/c1-2-15(8-5-9-15)11-16-13-10-19(17,18)14-7-4-3-6-12(13)14/h3-4,6-7,13,16H,2,5,8-11H2,1H3. The van der Waals surface area contributed by atoms with E-state index in [4.69, 9.17) is 0 Å². The first-order valence-electron chi connectivity index (χ1n) is 7.11. The molecule has 1 saturated carbocycles. The average molecular weight is 279 g/mol. The minimum atomic E-state index is -3.08. The molecule has 0 amide bonds. The van der Waals surface area contributed by atoms with Crippen LogP contribution in [0.1, 0.15) is 44.2 Å². The molecule has 4 heteroatoms. The van der Waals surface area contributed by atoms with Crippen molar-refractivity contribution < 1.29 is 8.42 Å². The van der Waals surface area contributed by atoms with Crippen LogP contribution in [-0.2, 0) is 9.84 Å². The van der Waals surface area contributed by atoms with Gasteiger partial charge in [0.15, 0.2) is 9.84 Å². The monoisotopic (exact) mass is 279 g/mol. The SMILES string of the molecule is CCC1(CNC2CS(=O)(=O)c3ccccc32)CCC1. The van der Waals surface area contributed by atoms with Gasteiger partial charge in [-0.05, 0) is 36.3 Å². The summed E-state index contributed by atoms with van der Waals surface area (Å²) in [6, 6.07) is 7.37. The number of nitrogens with one attached hydrogen (secondary N) is 1. The van der Waals surface area contributed by atoms with Crippen molar-refractivity contribution in [3.8, 4) is 0 Å². The summed E-state index contributed by atoms with van der Waals surface area (Å²) >= 11 is 0. The molecule has 0 radical (unpaired) electrons. The Balaban J connectivity index is 1.77. The first kappa shape index (κ1) is 13.1. The van der Waals surface area contributed by atoms with Crippen molar-refractivity contribution >= 4 is 9.84 Å². The van der Waals surface area contributed by atoms with Gasteiger partial charge in [-0.15, -0.1) is 0 Å². The van der Waals surface area contributed by atoms with Crippen LogP contribution in [0.3, 0.4) is 0 Å². The van der Waals surface area contributed by atoms with Crippen molar-refractivity contribution in [2.75, 3.05) is 12.3 Å². The summed E-state index contributed by atoms with van der Waals surface area (Å²) in [4.78, 5) is 0.520. The third-order valence-electron chi connectivity index (χ3n) is 4.90. The first-order chi connectivity index (χ1) is 9.06. The molecule has 3 rings (SSSR count). The summed E-state index contributed by atoms with van der Waals surface area (Å²) in [7, 11) is -3.08. The zero-order valence-corrected chi connectivity index (χ0v) is 12.2. The van der Waals surface area contributed by atoms with Crippen LogP contribution in [0.15, 0.2) is 29.2 Å². The topological polar surface area (TPSA) is 46.2 Å². The second-order valence-electron chi connectivity index (χ2n) is 5.96. The third kappa shape index (κ3) is 2.21. The molecule has 104 valence electrons. The average Bonchev–Trinajstić information content (AvgIpc) is 2.61. The van der Waals surface area contributed by atoms with Crippen LogP contribution in [0.5, 0.6) is 0 Å². The molecule has 1 N–H and O–H groups in total. The Morgan fingerprint density at radius 1 is 1.32 bits per heavy atom. The fourth-order valence-corrected chi connectivity index (χ4v) is 5.06. The van der Waals surface area contributed by atoms with Crippen LogP contribution < -0.4 is 5.32 Å². The molecule has 1 fully saturated rings. The summed E-state index contributed by atoms with van der Waals surface area (Å²) < 4.78 is 24.2. The molecule has 1 atom stereocenters. The smallest absolute Gasteiger partial charge is 0.180 e. The van der Waals surface area contributed by atoms with Gasteiger partial charge in [-0.2, -0.15) is 0 Å². The predicted molar refractivity (Wildman–Crippen MR) is 75.8 cm³/mol. The van der Waals surface area contributed by atoms with Gasteiger partial charge in [-0.1, -0.05) is 31.5 Å². The molecule has 1 aliphatic heterocycles. The summed E-state index contributed by atoms with van der Waals surface area (Å²) in [6.07, 6.45) is 5.05. The van der Waals surface area contributed by atoms with E-state index in [2.05, 4.69) is 12.2 Å². The van der Waals surface area contributed by atoms with Gasteiger partial charge in [0.1, 0.15) is 0 Å². The summed E-state index contributed by atoms with van der Waals surface area (Å²) in [5, 5.41) is 3.51. The maximum atomic E-state index is 12.1. The molecule has 0 aromatic heterocycles. The van der Waals surface area contributed by atoms with E-state index in [1.54, 1.807) is 12.1 Å². The van der Waals surface area contributed by atoms with E-state index in [9.17, 15) is 8.42 Å². The highest BCUT2D eigenvalue weighted by molar-refractivity contribution is 7.91. The zero-order valence-electron chi connectivity index (χ0n) is 11.4. The number of hydrogen-bond donors (Lipinski definition) is 1. The summed E-state index contributed by atoms with van der Waals surface area (Å²) in [5.41, 5.74) is 1.37. The van der Waals surface area contributed by atoms with Crippen molar-refractivity contribution in [3.05, 3.63) is 29.8 Å². The Labute approximate surface area is 115 Å². The molecular weight excluding hydrogens is 258 g/mol. The van der Waals surface area contributed by atoms with Crippen LogP contribution in [-0.4, -0.2) is 20.7 Å². The summed E-state index contributed by atoms with van der Waals surface area (Å²) in [6.45, 7) is 3.18. The minimum absolute atomic E-state index is 0.0229. The second-order valence-corrected chi connectivity index (χ2v) is 7.96. The third-order valence-corrected chi connectivity index (χ3v) is 6.72. The van der Waals surface area contributed by atoms with E-state index in [-0.39, 0.29) is 11.8 Å². The second kappa shape index (κ2) is 4.60. The van der Waals surface area contributed by atoms with Crippen molar-refractivity contribution in [3.63, 3.8) is 0 Å². The van der Waals surface area contributed by atoms with Gasteiger partial charge in [-0.3, -0.25) is 0 Å². The van der Waals surface area contributed by atoms with Crippen LogP contribution in [0.4, 0.5) is 0 Å². The Morgan fingerprint density at radius 2 is 2.05 bits per heavy atom. The fraction of sp³-hybridized carbons (Fsp3) is 0.600. The van der Waals surface area contributed by atoms with Gasteiger partial charge in [0.05, 0.1) is 10.6 Å². The molecule has 1 aromatic carbocycles. The normalized spacial score (nSPS) is 26.7. The quantitative estimate of drug-likeness (QED) is 0.921. The van der Waals surface area contributed by atoms with Gasteiger partial charge in [0.2, 0.25) is 0 Å². The van der Waals surface area contributed by atoms with Crippen molar-refractivity contribution in [1.82, 2.24) is 5.32 Å². The Bertz CT molecular complexity index is 570. The lowest BCUT2D eigenvalue weighted by Gasteiger charge is -2.42. The van der Waals surface area contributed by atoms with Crippen LogP contribution in [0.2, 0.25) is 0 Å². The summed E-state index contributed by atoms with van der Waals surface area (Å²) in [5.74, 6) is 0.214. The van der Waals surface area contributed by atoms with E-state index in [0.29, 0.717) is 10.3 Å². The van der Waals surface area contributed by atoms with Crippen LogP contribution in [0.25, 0.3) is 0 Å². The molecule has 1 unspecified atom stereocenters. The van der Waals surface area contributed by atoms with Gasteiger partial charge in [-0.25, -0.2) is 8.42 Å². The number of sulfone groups is 1. The largest absolute Gasteiger partial charge is 0.308 e. The lowest BCUT2D eigenvalue weighted by atomic mass is 9.67. The maximum absolute atomic E-state index is 12.1. The van der Waals surface area contributed by atoms with E-state index < -0.39 is 9.84 Å². The molecule has 1 aliphatic carbocycles. The molecular formula is C15H21NO2S. The molecule has 1 heterocycles. The molecule has 0 spiro atoms. The van der Waals surface area contributed by atoms with E-state index >= 15 is 0 Å². The maximum Gasteiger partial charge on any atom is 0.180 e. The molecule has 0 bridgehead atoms. The highest BCUT2D eigenvalue weighted by Crippen LogP contribution is 2.44. The zero-order chi connectivity index (χ0) is 13.5.